The van der Waals surface area contributed by atoms with Crippen LogP contribution in [0.5, 0.6) is 5.75 Å². The van der Waals surface area contributed by atoms with Crippen LogP contribution >= 0.6 is 0 Å². The van der Waals surface area contributed by atoms with Crippen molar-refractivity contribution in [1.29, 1.82) is 0 Å². The Morgan fingerprint density at radius 1 is 0.960 bits per heavy atom. The van der Waals surface area contributed by atoms with Crippen LogP contribution in [0.3, 0.4) is 0 Å². The fraction of sp³-hybridized carbons (Fsp3) is 0.333. The first-order chi connectivity index (χ1) is 12.2. The molecule has 1 aliphatic heterocycles. The molecule has 0 bridgehead atoms. The smallest absolute Gasteiger partial charge is 0.240 e. The predicted octanol–water partition coefficient (Wildman–Crippen LogP) is 1.96. The van der Waals surface area contributed by atoms with Crippen molar-refractivity contribution in [2.24, 2.45) is 0 Å². The molecule has 0 atom stereocenters. The molecule has 0 saturated carbocycles. The highest BCUT2D eigenvalue weighted by Gasteiger charge is 2.21. The van der Waals surface area contributed by atoms with Gasteiger partial charge in [-0.2, -0.15) is 4.98 Å². The van der Waals surface area contributed by atoms with Gasteiger partial charge in [0.05, 0.1) is 24.2 Å². The molecule has 130 valence electrons. The van der Waals surface area contributed by atoms with E-state index in [1.807, 2.05) is 22.7 Å². The summed E-state index contributed by atoms with van der Waals surface area (Å²) in [7, 11) is 1.72. The fourth-order valence-corrected chi connectivity index (χ4v) is 3.49. The molecule has 0 radical (unpaired) electrons. The van der Waals surface area contributed by atoms with Gasteiger partial charge in [-0.05, 0) is 31.2 Å². The van der Waals surface area contributed by atoms with Crippen LogP contribution < -0.4 is 20.3 Å². The number of benzene rings is 1. The van der Waals surface area contributed by atoms with Gasteiger partial charge < -0.3 is 20.3 Å². The van der Waals surface area contributed by atoms with E-state index < -0.39 is 0 Å². The van der Waals surface area contributed by atoms with Crippen LogP contribution in [0.25, 0.3) is 5.65 Å². The fourth-order valence-electron chi connectivity index (χ4n) is 3.49. The van der Waals surface area contributed by atoms with Gasteiger partial charge >= 0.3 is 0 Å². The van der Waals surface area contributed by atoms with Gasteiger partial charge in [0.25, 0.3) is 0 Å². The van der Waals surface area contributed by atoms with Crippen LogP contribution in [0.15, 0.2) is 36.4 Å². The van der Waals surface area contributed by atoms with Crippen molar-refractivity contribution in [3.8, 4) is 5.75 Å². The minimum atomic E-state index is 0.307. The summed E-state index contributed by atoms with van der Waals surface area (Å²) in [6.07, 6.45) is 0. The molecule has 0 unspecified atom stereocenters. The van der Waals surface area contributed by atoms with E-state index in [1.165, 1.54) is 5.69 Å². The van der Waals surface area contributed by atoms with E-state index in [1.54, 1.807) is 7.11 Å². The number of nitrogens with two attached hydrogens (primary N) is 1. The summed E-state index contributed by atoms with van der Waals surface area (Å²) in [4.78, 5) is 8.98. The van der Waals surface area contributed by atoms with Gasteiger partial charge in [-0.25, -0.2) is 4.52 Å². The maximum atomic E-state index is 5.72. The Morgan fingerprint density at radius 3 is 2.36 bits per heavy atom. The molecule has 0 spiro atoms. The Kier molecular flexibility index (Phi) is 3.83. The number of rotatable bonds is 3. The number of anilines is 3. The minimum absolute atomic E-state index is 0.307. The first-order valence-electron chi connectivity index (χ1n) is 8.42. The number of fused-ring (bicyclic) bond motifs is 1. The Balaban J connectivity index is 1.55. The summed E-state index contributed by atoms with van der Waals surface area (Å²) >= 11 is 0. The van der Waals surface area contributed by atoms with Gasteiger partial charge in [-0.1, -0.05) is 12.1 Å². The van der Waals surface area contributed by atoms with Crippen molar-refractivity contribution < 1.29 is 4.74 Å². The number of ether oxygens (including phenoxy) is 1. The number of aryl methyl sites for hydroxylation is 1. The van der Waals surface area contributed by atoms with Crippen LogP contribution in [-0.2, 0) is 0 Å². The zero-order chi connectivity index (χ0) is 17.4. The lowest BCUT2D eigenvalue weighted by molar-refractivity contribution is 0.413. The highest BCUT2D eigenvalue weighted by atomic mass is 16.5. The molecular weight excluding hydrogens is 316 g/mol. The van der Waals surface area contributed by atoms with Crippen molar-refractivity contribution in [2.75, 3.05) is 48.8 Å². The van der Waals surface area contributed by atoms with Crippen molar-refractivity contribution in [3.63, 3.8) is 0 Å². The largest absolute Gasteiger partial charge is 0.495 e. The van der Waals surface area contributed by atoms with Crippen LogP contribution in [0.1, 0.15) is 5.69 Å². The number of methoxy groups -OCH3 is 1. The van der Waals surface area contributed by atoms with E-state index in [-0.39, 0.29) is 0 Å². The Morgan fingerprint density at radius 2 is 1.64 bits per heavy atom. The lowest BCUT2D eigenvalue weighted by atomic mass is 10.2. The van der Waals surface area contributed by atoms with Gasteiger partial charge in [0, 0.05) is 26.2 Å². The van der Waals surface area contributed by atoms with Crippen molar-refractivity contribution in [3.05, 3.63) is 42.1 Å². The van der Waals surface area contributed by atoms with Gasteiger partial charge in [0.1, 0.15) is 5.75 Å². The van der Waals surface area contributed by atoms with E-state index in [9.17, 15) is 0 Å². The average molecular weight is 338 g/mol. The summed E-state index contributed by atoms with van der Waals surface area (Å²) in [5.41, 5.74) is 9.90. The summed E-state index contributed by atoms with van der Waals surface area (Å²) in [6, 6.07) is 12.3. The molecule has 2 N–H and O–H groups in total. The molecule has 1 fully saturated rings. The number of hydrogen-bond donors (Lipinski definition) is 1. The highest BCUT2D eigenvalue weighted by molar-refractivity contribution is 5.61. The topological polar surface area (TPSA) is 71.9 Å². The van der Waals surface area contributed by atoms with Crippen molar-refractivity contribution in [2.45, 2.75) is 6.92 Å². The number of hydrogen-bond acceptors (Lipinski definition) is 6. The molecule has 7 heteroatoms. The number of aromatic nitrogens is 3. The Bertz CT molecular complexity index is 898. The van der Waals surface area contributed by atoms with Crippen molar-refractivity contribution in [1.82, 2.24) is 14.6 Å². The highest BCUT2D eigenvalue weighted by Crippen LogP contribution is 2.30. The summed E-state index contributed by atoms with van der Waals surface area (Å²) in [6.45, 7) is 5.82. The number of nitrogens with zero attached hydrogens (tertiary/aromatic N) is 5. The first-order valence-corrected chi connectivity index (χ1v) is 8.42. The normalized spacial score (nSPS) is 15.0. The maximum absolute atomic E-state index is 5.72. The molecule has 1 aromatic carbocycles. The molecular formula is C18H22N6O. The summed E-state index contributed by atoms with van der Waals surface area (Å²) in [5.74, 6) is 1.23. The first kappa shape index (κ1) is 15.6. The van der Waals surface area contributed by atoms with E-state index in [4.69, 9.17) is 10.5 Å². The van der Waals surface area contributed by atoms with Gasteiger partial charge in [-0.3, -0.25) is 0 Å². The third-order valence-corrected chi connectivity index (χ3v) is 4.77. The zero-order valence-corrected chi connectivity index (χ0v) is 14.5. The van der Waals surface area contributed by atoms with Crippen molar-refractivity contribution >= 4 is 23.0 Å². The molecule has 7 nitrogen and oxygen atoms in total. The third-order valence-electron chi connectivity index (χ3n) is 4.77. The van der Waals surface area contributed by atoms with E-state index in [0.717, 1.165) is 49.0 Å². The van der Waals surface area contributed by atoms with Gasteiger partial charge in [0.2, 0.25) is 5.95 Å². The van der Waals surface area contributed by atoms with Crippen LogP contribution in [-0.4, -0.2) is 47.9 Å². The molecule has 25 heavy (non-hydrogen) atoms. The summed E-state index contributed by atoms with van der Waals surface area (Å²) in [5, 5.41) is 4.28. The molecule has 3 aromatic rings. The van der Waals surface area contributed by atoms with E-state index >= 15 is 0 Å². The second-order valence-electron chi connectivity index (χ2n) is 6.19. The SMILES string of the molecule is COc1ccccc1N1CCN(c2ccc3nc(N)nn3c2C)CC1. The zero-order valence-electron chi connectivity index (χ0n) is 14.5. The minimum Gasteiger partial charge on any atom is -0.495 e. The van der Waals surface area contributed by atoms with Crippen LogP contribution in [0.4, 0.5) is 17.3 Å². The standard InChI is InChI=1S/C18H22N6O/c1-13-14(7-8-17-20-18(19)21-24(13)17)22-9-11-23(12-10-22)15-5-3-4-6-16(15)25-2/h3-8H,9-12H2,1-2H3,(H2,19,21). The molecule has 3 heterocycles. The molecule has 0 amide bonds. The van der Waals surface area contributed by atoms with Gasteiger partial charge in [-0.15, -0.1) is 5.10 Å². The predicted molar refractivity (Wildman–Crippen MR) is 99.6 cm³/mol. The third kappa shape index (κ3) is 2.71. The molecule has 1 saturated heterocycles. The summed E-state index contributed by atoms with van der Waals surface area (Å²) < 4.78 is 7.31. The van der Waals surface area contributed by atoms with Crippen LogP contribution in [0, 0.1) is 6.92 Å². The quantitative estimate of drug-likeness (QED) is 0.787. The average Bonchev–Trinajstić information content (AvgIpc) is 3.04. The molecule has 2 aromatic heterocycles. The number of nitrogen functional groups attached to an aromatic ring is 1. The molecule has 1 aliphatic rings. The lowest BCUT2D eigenvalue weighted by Gasteiger charge is -2.38. The maximum Gasteiger partial charge on any atom is 0.240 e. The molecule has 0 aliphatic carbocycles. The second-order valence-corrected chi connectivity index (χ2v) is 6.19. The monoisotopic (exact) mass is 338 g/mol. The number of para-hydroxylation sites is 2. The number of piperazine rings is 1. The van der Waals surface area contributed by atoms with E-state index in [2.05, 4.69) is 45.0 Å². The van der Waals surface area contributed by atoms with Crippen LogP contribution in [0.2, 0.25) is 0 Å². The lowest BCUT2D eigenvalue weighted by Crippen LogP contribution is -2.47. The van der Waals surface area contributed by atoms with E-state index in [0.29, 0.717) is 5.95 Å². The number of pyridine rings is 1. The molecule has 4 rings (SSSR count). The Labute approximate surface area is 146 Å². The van der Waals surface area contributed by atoms with Gasteiger partial charge in [0.15, 0.2) is 5.65 Å². The second kappa shape index (κ2) is 6.16. The Hall–Kier alpha value is -2.96.